The summed E-state index contributed by atoms with van der Waals surface area (Å²) in [6, 6.07) is 6.02. The van der Waals surface area contributed by atoms with E-state index in [1.165, 1.54) is 30.9 Å². The second kappa shape index (κ2) is 6.60. The van der Waals surface area contributed by atoms with Crippen molar-refractivity contribution in [2.24, 2.45) is 0 Å². The molecule has 2 N–H and O–H groups in total. The first-order valence-electron chi connectivity index (χ1n) is 7.49. The first-order valence-corrected chi connectivity index (χ1v) is 7.90. The van der Waals surface area contributed by atoms with Gasteiger partial charge in [-0.15, -0.1) is 0 Å². The molecule has 2 heterocycles. The molecule has 0 bridgehead atoms. The van der Waals surface area contributed by atoms with Crippen LogP contribution in [-0.4, -0.2) is 39.8 Å². The number of rotatable bonds is 4. The highest BCUT2D eigenvalue weighted by Gasteiger charge is 2.15. The lowest BCUT2D eigenvalue weighted by Crippen LogP contribution is -2.22. The largest absolute Gasteiger partial charge is 0.491 e. The van der Waals surface area contributed by atoms with Crippen molar-refractivity contribution in [1.82, 2.24) is 14.5 Å². The molecule has 0 aliphatic rings. The van der Waals surface area contributed by atoms with Crippen LogP contribution in [0, 0.1) is 11.7 Å². The van der Waals surface area contributed by atoms with E-state index >= 15 is 0 Å². The SMILES string of the molecule is COc1ccc(-n2c(=S)[nH]c3cc(C(=O)O)cc(C)c3c2=O)nc1OC. The summed E-state index contributed by atoms with van der Waals surface area (Å²) in [6.07, 6.45) is 0. The van der Waals surface area contributed by atoms with Gasteiger partial charge in [-0.25, -0.2) is 9.36 Å². The van der Waals surface area contributed by atoms with Crippen molar-refractivity contribution in [1.29, 1.82) is 0 Å². The maximum atomic E-state index is 13.0. The second-order valence-corrected chi connectivity index (χ2v) is 5.86. The predicted octanol–water partition coefficient (Wildman–Crippen LogP) is 2.47. The van der Waals surface area contributed by atoms with Crippen LogP contribution in [0.5, 0.6) is 11.6 Å². The van der Waals surface area contributed by atoms with Gasteiger partial charge in [-0.2, -0.15) is 4.98 Å². The molecule has 0 radical (unpaired) electrons. The monoisotopic (exact) mass is 373 g/mol. The number of hydrogen-bond acceptors (Lipinski definition) is 6. The topological polar surface area (TPSA) is 106 Å². The molecule has 0 atom stereocenters. The number of aromatic nitrogens is 3. The molecule has 3 aromatic rings. The van der Waals surface area contributed by atoms with Gasteiger partial charge >= 0.3 is 5.97 Å². The number of nitrogens with zero attached hydrogens (tertiary/aromatic N) is 2. The van der Waals surface area contributed by atoms with E-state index < -0.39 is 11.5 Å². The van der Waals surface area contributed by atoms with E-state index in [0.717, 1.165) is 0 Å². The number of benzene rings is 1. The Kier molecular flexibility index (Phi) is 4.47. The normalized spacial score (nSPS) is 10.7. The third-order valence-corrected chi connectivity index (χ3v) is 4.18. The number of fused-ring (bicyclic) bond motifs is 1. The third-order valence-electron chi connectivity index (χ3n) is 3.90. The molecule has 2 aromatic heterocycles. The number of nitrogens with one attached hydrogen (secondary N) is 1. The lowest BCUT2D eigenvalue weighted by atomic mass is 10.1. The van der Waals surface area contributed by atoms with Crippen LogP contribution in [0.3, 0.4) is 0 Å². The summed E-state index contributed by atoms with van der Waals surface area (Å²) in [5, 5.41) is 9.52. The van der Waals surface area contributed by atoms with Crippen molar-refractivity contribution in [2.75, 3.05) is 14.2 Å². The Morgan fingerprint density at radius 3 is 2.62 bits per heavy atom. The molecule has 3 rings (SSSR count). The Morgan fingerprint density at radius 1 is 1.27 bits per heavy atom. The van der Waals surface area contributed by atoms with Crippen molar-refractivity contribution in [3.05, 3.63) is 50.5 Å². The number of carboxylic acid groups (broad SMARTS) is 1. The Morgan fingerprint density at radius 2 is 2.00 bits per heavy atom. The number of hydrogen-bond donors (Lipinski definition) is 2. The lowest BCUT2D eigenvalue weighted by molar-refractivity contribution is 0.0697. The Labute approximate surface area is 152 Å². The average Bonchev–Trinajstić information content (AvgIpc) is 2.60. The Balaban J connectivity index is 2.34. The molecule has 9 heteroatoms. The summed E-state index contributed by atoms with van der Waals surface area (Å²) in [7, 11) is 2.92. The van der Waals surface area contributed by atoms with E-state index in [2.05, 4.69) is 9.97 Å². The van der Waals surface area contributed by atoms with Crippen molar-refractivity contribution < 1.29 is 19.4 Å². The number of carbonyl (C=O) groups is 1. The number of ether oxygens (including phenoxy) is 2. The van der Waals surface area contributed by atoms with Crippen LogP contribution in [0.4, 0.5) is 0 Å². The second-order valence-electron chi connectivity index (χ2n) is 5.47. The quantitative estimate of drug-likeness (QED) is 0.677. The van der Waals surface area contributed by atoms with E-state index in [4.69, 9.17) is 21.7 Å². The van der Waals surface area contributed by atoms with Gasteiger partial charge in [0, 0.05) is 0 Å². The highest BCUT2D eigenvalue weighted by molar-refractivity contribution is 7.71. The zero-order chi connectivity index (χ0) is 19.0. The van der Waals surface area contributed by atoms with Crippen molar-refractivity contribution in [3.63, 3.8) is 0 Å². The highest BCUT2D eigenvalue weighted by Crippen LogP contribution is 2.25. The van der Waals surface area contributed by atoms with Gasteiger partial charge in [0.05, 0.1) is 30.7 Å². The zero-order valence-corrected chi connectivity index (χ0v) is 15.0. The summed E-state index contributed by atoms with van der Waals surface area (Å²) < 4.78 is 11.6. The standard InChI is InChI=1S/C17H15N3O5S/c1-8-6-9(16(22)23)7-10-13(8)15(21)20(17(26)18-10)12-5-4-11(24-2)14(19-12)25-3/h4-7H,1-3H3,(H,18,26)(H,22,23). The molecule has 0 aliphatic carbocycles. The minimum absolute atomic E-state index is 0.0713. The molecule has 0 saturated carbocycles. The number of carboxylic acids is 1. The summed E-state index contributed by atoms with van der Waals surface area (Å²) in [4.78, 5) is 31.4. The molecular weight excluding hydrogens is 358 g/mol. The van der Waals surface area contributed by atoms with Gasteiger partial charge in [0.25, 0.3) is 11.4 Å². The minimum Gasteiger partial charge on any atom is -0.491 e. The van der Waals surface area contributed by atoms with Crippen LogP contribution in [-0.2, 0) is 0 Å². The Hall–Kier alpha value is -3.20. The number of methoxy groups -OCH3 is 2. The van der Waals surface area contributed by atoms with E-state index in [0.29, 0.717) is 22.2 Å². The number of pyridine rings is 1. The molecule has 134 valence electrons. The first kappa shape index (κ1) is 17.6. The van der Waals surface area contributed by atoms with Crippen LogP contribution in [0.25, 0.3) is 16.7 Å². The number of aromatic amines is 1. The molecular formula is C17H15N3O5S. The van der Waals surface area contributed by atoms with Crippen molar-refractivity contribution in [2.45, 2.75) is 6.92 Å². The molecule has 1 aromatic carbocycles. The summed E-state index contributed by atoms with van der Waals surface area (Å²) in [5.41, 5.74) is 0.541. The van der Waals surface area contributed by atoms with Crippen LogP contribution in [0.1, 0.15) is 15.9 Å². The van der Waals surface area contributed by atoms with E-state index in [9.17, 15) is 14.7 Å². The average molecular weight is 373 g/mol. The smallest absolute Gasteiger partial charge is 0.335 e. The first-order chi connectivity index (χ1) is 12.4. The van der Waals surface area contributed by atoms with Gasteiger partial charge in [-0.1, -0.05) is 0 Å². The highest BCUT2D eigenvalue weighted by atomic mass is 32.1. The van der Waals surface area contributed by atoms with Gasteiger partial charge in [-0.3, -0.25) is 4.79 Å². The maximum absolute atomic E-state index is 13.0. The van der Waals surface area contributed by atoms with E-state index in [1.54, 1.807) is 19.1 Å². The lowest BCUT2D eigenvalue weighted by Gasteiger charge is -2.12. The molecule has 8 nitrogen and oxygen atoms in total. The van der Waals surface area contributed by atoms with Gasteiger partial charge in [-0.05, 0) is 49.0 Å². The van der Waals surface area contributed by atoms with E-state index in [-0.39, 0.29) is 22.0 Å². The predicted molar refractivity (Wildman–Crippen MR) is 97.3 cm³/mol. The van der Waals surface area contributed by atoms with Gasteiger partial charge in [0.2, 0.25) is 0 Å². The summed E-state index contributed by atoms with van der Waals surface area (Å²) >= 11 is 5.29. The Bertz CT molecular complexity index is 1150. The van der Waals surface area contributed by atoms with E-state index in [1.807, 2.05) is 0 Å². The molecule has 0 spiro atoms. The minimum atomic E-state index is -1.08. The molecule has 0 fully saturated rings. The molecule has 0 amide bonds. The van der Waals surface area contributed by atoms with Crippen LogP contribution >= 0.6 is 12.2 Å². The summed E-state index contributed by atoms with van der Waals surface area (Å²) in [5.74, 6) is -0.191. The van der Waals surface area contributed by atoms with Crippen LogP contribution < -0.4 is 15.0 Å². The van der Waals surface area contributed by atoms with Crippen molar-refractivity contribution >= 4 is 29.1 Å². The molecule has 0 unspecified atom stereocenters. The van der Waals surface area contributed by atoms with Gasteiger partial charge in [0.15, 0.2) is 10.5 Å². The molecule has 26 heavy (non-hydrogen) atoms. The fourth-order valence-electron chi connectivity index (χ4n) is 2.72. The fourth-order valence-corrected chi connectivity index (χ4v) is 3.01. The third kappa shape index (κ3) is 2.82. The molecule has 0 aliphatic heterocycles. The van der Waals surface area contributed by atoms with Gasteiger partial charge < -0.3 is 19.6 Å². The zero-order valence-electron chi connectivity index (χ0n) is 14.2. The summed E-state index contributed by atoms with van der Waals surface area (Å²) in [6.45, 7) is 1.67. The number of aryl methyl sites for hydroxylation is 1. The van der Waals surface area contributed by atoms with Crippen molar-refractivity contribution in [3.8, 4) is 17.4 Å². The fraction of sp³-hybridized carbons (Fsp3) is 0.176. The van der Waals surface area contributed by atoms with Crippen LogP contribution in [0.15, 0.2) is 29.1 Å². The maximum Gasteiger partial charge on any atom is 0.335 e. The number of aromatic carboxylic acids is 1. The van der Waals surface area contributed by atoms with Crippen LogP contribution in [0.2, 0.25) is 0 Å². The van der Waals surface area contributed by atoms with Gasteiger partial charge in [0.1, 0.15) is 5.82 Å². The number of H-pyrrole nitrogens is 1. The molecule has 0 saturated heterocycles.